The minimum absolute atomic E-state index is 0.0221. The van der Waals surface area contributed by atoms with Crippen molar-refractivity contribution in [1.82, 2.24) is 0 Å². The molecule has 0 amide bonds. The van der Waals surface area contributed by atoms with Crippen molar-refractivity contribution in [2.24, 2.45) is 0 Å². The molecule has 10 rings (SSSR count). The van der Waals surface area contributed by atoms with Crippen LogP contribution in [-0.4, -0.2) is 6.71 Å². The first kappa shape index (κ1) is 29.4. The second-order valence-electron chi connectivity index (χ2n) is 15.2. The van der Waals surface area contributed by atoms with Crippen LogP contribution >= 0.6 is 0 Å². The van der Waals surface area contributed by atoms with Gasteiger partial charge in [0.1, 0.15) is 5.76 Å². The minimum Gasteiger partial charge on any atom is -0.473 e. The summed E-state index contributed by atoms with van der Waals surface area (Å²) in [6, 6.07) is 49.3. The largest absolute Gasteiger partial charge is 0.473 e. The Kier molecular flexibility index (Phi) is 6.49. The number of fused-ring (bicyclic) bond motifs is 7. The van der Waals surface area contributed by atoms with E-state index in [1.807, 2.05) is 0 Å². The normalized spacial score (nSPS) is 14.7. The molecule has 242 valence electrons. The van der Waals surface area contributed by atoms with E-state index in [9.17, 15) is 0 Å². The van der Waals surface area contributed by atoms with Crippen molar-refractivity contribution in [3.8, 4) is 11.1 Å². The van der Waals surface area contributed by atoms with Crippen LogP contribution < -0.4 is 26.4 Å². The first-order valence-electron chi connectivity index (χ1n) is 18.1. The molecular formula is C46H39BN2O. The van der Waals surface area contributed by atoms with Gasteiger partial charge in [-0.25, -0.2) is 0 Å². The van der Waals surface area contributed by atoms with Gasteiger partial charge in [-0.3, -0.25) is 0 Å². The Labute approximate surface area is 294 Å². The molecule has 0 N–H and O–H groups in total. The van der Waals surface area contributed by atoms with Crippen LogP contribution in [0.2, 0.25) is 0 Å². The van der Waals surface area contributed by atoms with E-state index >= 15 is 0 Å². The van der Waals surface area contributed by atoms with Crippen molar-refractivity contribution >= 4 is 68.2 Å². The predicted octanol–water partition coefficient (Wildman–Crippen LogP) is 10.4. The van der Waals surface area contributed by atoms with Crippen LogP contribution in [0.25, 0.3) is 21.9 Å². The van der Waals surface area contributed by atoms with Crippen molar-refractivity contribution in [3.63, 3.8) is 0 Å². The monoisotopic (exact) mass is 646 g/mol. The molecule has 0 atom stereocenters. The molecule has 3 aliphatic rings. The molecule has 3 heterocycles. The number of nitrogens with zero attached hydrogens (tertiary/aromatic N) is 2. The number of benzene rings is 6. The van der Waals surface area contributed by atoms with Crippen LogP contribution in [0, 0.1) is 0 Å². The van der Waals surface area contributed by atoms with E-state index in [0.717, 1.165) is 24.2 Å². The average molecular weight is 647 g/mol. The van der Waals surface area contributed by atoms with Crippen LogP contribution in [-0.2, 0) is 18.3 Å². The van der Waals surface area contributed by atoms with Gasteiger partial charge >= 0.3 is 0 Å². The maximum absolute atomic E-state index is 7.14. The molecule has 1 aromatic heterocycles. The molecule has 0 bridgehead atoms. The van der Waals surface area contributed by atoms with Gasteiger partial charge in [-0.1, -0.05) is 112 Å². The fourth-order valence-corrected chi connectivity index (χ4v) is 8.74. The number of rotatable bonds is 3. The molecule has 4 heteroatoms. The van der Waals surface area contributed by atoms with Crippen molar-refractivity contribution in [1.29, 1.82) is 0 Å². The summed E-state index contributed by atoms with van der Waals surface area (Å²) in [4.78, 5) is 5.05. The number of hydrogen-bond donors (Lipinski definition) is 0. The van der Waals surface area contributed by atoms with Gasteiger partial charge in [0.15, 0.2) is 0 Å². The van der Waals surface area contributed by atoms with Crippen LogP contribution in [0.3, 0.4) is 0 Å². The summed E-state index contributed by atoms with van der Waals surface area (Å²) >= 11 is 0. The lowest BCUT2D eigenvalue weighted by molar-refractivity contribution is 0.497. The first-order chi connectivity index (χ1) is 24.5. The zero-order chi connectivity index (χ0) is 33.6. The Morgan fingerprint density at radius 2 is 1.28 bits per heavy atom. The molecule has 50 heavy (non-hydrogen) atoms. The van der Waals surface area contributed by atoms with E-state index in [4.69, 9.17) is 4.42 Å². The number of anilines is 6. The lowest BCUT2D eigenvalue weighted by Crippen LogP contribution is -2.61. The third-order valence-electron chi connectivity index (χ3n) is 11.1. The molecule has 0 spiro atoms. The van der Waals surface area contributed by atoms with Gasteiger partial charge in [0, 0.05) is 40.4 Å². The van der Waals surface area contributed by atoms with Gasteiger partial charge in [-0.15, -0.1) is 0 Å². The van der Waals surface area contributed by atoms with E-state index < -0.39 is 0 Å². The molecule has 2 aliphatic heterocycles. The van der Waals surface area contributed by atoms with Crippen molar-refractivity contribution in [3.05, 3.63) is 150 Å². The smallest absolute Gasteiger partial charge is 0.297 e. The highest BCUT2D eigenvalue weighted by Crippen LogP contribution is 2.49. The predicted molar refractivity (Wildman–Crippen MR) is 211 cm³/mol. The average Bonchev–Trinajstić information content (AvgIpc) is 3.53. The summed E-state index contributed by atoms with van der Waals surface area (Å²) in [6.45, 7) is 6.98. The number of hydrogen-bond acceptors (Lipinski definition) is 3. The third kappa shape index (κ3) is 4.37. The zero-order valence-electron chi connectivity index (χ0n) is 28.9. The molecule has 0 saturated heterocycles. The lowest BCUT2D eigenvalue weighted by atomic mass is 9.35. The van der Waals surface area contributed by atoms with Crippen molar-refractivity contribution in [2.45, 2.75) is 51.9 Å². The van der Waals surface area contributed by atoms with E-state index in [1.165, 1.54) is 91.0 Å². The Morgan fingerprint density at radius 3 is 2.04 bits per heavy atom. The summed E-state index contributed by atoms with van der Waals surface area (Å²) < 4.78 is 7.14. The SMILES string of the molecule is CC(C)(C)c1cc2c3c(c1)N(c1ccccc1)c1c(oc4c1CCCC4)B3c1ccc(-c3cccc4ccccc34)cc1N2c1ccccc1. The Morgan fingerprint density at radius 1 is 0.620 bits per heavy atom. The van der Waals surface area contributed by atoms with E-state index in [2.05, 4.69) is 164 Å². The van der Waals surface area contributed by atoms with E-state index in [-0.39, 0.29) is 12.1 Å². The number of aryl methyl sites for hydroxylation is 1. The summed E-state index contributed by atoms with van der Waals surface area (Å²) in [5, 5.41) is 2.53. The van der Waals surface area contributed by atoms with Gasteiger partial charge in [-0.2, -0.15) is 0 Å². The fraction of sp³-hybridized carbons (Fsp3) is 0.174. The Balaban J connectivity index is 1.32. The van der Waals surface area contributed by atoms with Gasteiger partial charge in [0.05, 0.1) is 11.3 Å². The summed E-state index contributed by atoms with van der Waals surface area (Å²) in [5.41, 5.74) is 16.1. The quantitative estimate of drug-likeness (QED) is 0.178. The summed E-state index contributed by atoms with van der Waals surface area (Å²) in [7, 11) is 0. The molecule has 6 aromatic carbocycles. The van der Waals surface area contributed by atoms with Crippen LogP contribution in [0.1, 0.15) is 50.5 Å². The third-order valence-corrected chi connectivity index (χ3v) is 11.1. The fourth-order valence-electron chi connectivity index (χ4n) is 8.74. The van der Waals surface area contributed by atoms with E-state index in [1.54, 1.807) is 0 Å². The molecule has 0 saturated carbocycles. The molecule has 0 fully saturated rings. The van der Waals surface area contributed by atoms with Gasteiger partial charge in [-0.05, 0) is 106 Å². The van der Waals surface area contributed by atoms with Crippen LogP contribution in [0.4, 0.5) is 34.1 Å². The molecule has 0 unspecified atom stereocenters. The highest BCUT2D eigenvalue weighted by Gasteiger charge is 2.48. The van der Waals surface area contributed by atoms with Crippen LogP contribution in [0.5, 0.6) is 0 Å². The molecule has 0 radical (unpaired) electrons. The molecule has 7 aromatic rings. The van der Waals surface area contributed by atoms with Crippen LogP contribution in [0.15, 0.2) is 138 Å². The van der Waals surface area contributed by atoms with Gasteiger partial charge in [0.2, 0.25) is 0 Å². The van der Waals surface area contributed by atoms with Crippen molar-refractivity contribution in [2.75, 3.05) is 9.80 Å². The number of furan rings is 1. The maximum Gasteiger partial charge on any atom is 0.297 e. The second kappa shape index (κ2) is 11.0. The first-order valence-corrected chi connectivity index (χ1v) is 18.1. The molecular weight excluding hydrogens is 607 g/mol. The van der Waals surface area contributed by atoms with Gasteiger partial charge < -0.3 is 14.2 Å². The number of para-hydroxylation sites is 2. The second-order valence-corrected chi connectivity index (χ2v) is 15.2. The Bertz CT molecular complexity index is 2430. The highest BCUT2D eigenvalue weighted by atomic mass is 16.3. The minimum atomic E-state index is -0.0626. The zero-order valence-corrected chi connectivity index (χ0v) is 28.9. The van der Waals surface area contributed by atoms with Gasteiger partial charge in [0.25, 0.3) is 6.71 Å². The Hall–Kier alpha value is -5.48. The topological polar surface area (TPSA) is 19.6 Å². The van der Waals surface area contributed by atoms with Crippen molar-refractivity contribution < 1.29 is 4.42 Å². The lowest BCUT2D eigenvalue weighted by Gasteiger charge is -2.43. The summed E-state index contributed by atoms with van der Waals surface area (Å²) in [5.74, 6) is 1.17. The molecule has 1 aliphatic carbocycles. The molecule has 3 nitrogen and oxygen atoms in total. The maximum atomic E-state index is 7.14. The highest BCUT2D eigenvalue weighted by molar-refractivity contribution is 6.99. The summed E-state index contributed by atoms with van der Waals surface area (Å²) in [6.07, 6.45) is 4.42. The van der Waals surface area contributed by atoms with E-state index in [0.29, 0.717) is 0 Å². The standard InChI is InChI=1S/C46H39BN2O/c1-46(2,3)32-28-40-43-41(29-32)49(34-19-8-5-9-20-34)44-37-22-12-13-24-42(37)50-45(44)47(43)38-26-25-31(27-39(38)48(40)33-17-6-4-7-18-33)36-23-14-16-30-15-10-11-21-35(30)36/h4-11,14-21,23,25-29H,12-13,22,24H2,1-3H3.